The van der Waals surface area contributed by atoms with E-state index in [4.69, 9.17) is 0 Å². The van der Waals surface area contributed by atoms with Crippen LogP contribution in [0.15, 0.2) is 28.7 Å². The molecule has 19 heavy (non-hydrogen) atoms. The Labute approximate surface area is 122 Å². The Balaban J connectivity index is 2.94. The zero-order valence-corrected chi connectivity index (χ0v) is 13.7. The first-order chi connectivity index (χ1) is 8.74. The van der Waals surface area contributed by atoms with Crippen LogP contribution in [0, 0.1) is 0 Å². The number of rotatable bonds is 5. The monoisotopic (exact) mass is 347 g/mol. The van der Waals surface area contributed by atoms with Crippen LogP contribution in [0.3, 0.4) is 0 Å². The van der Waals surface area contributed by atoms with Gasteiger partial charge in [0.2, 0.25) is 0 Å². The maximum Gasteiger partial charge on any atom is 0.254 e. The van der Waals surface area contributed by atoms with E-state index in [1.54, 1.807) is 30.0 Å². The van der Waals surface area contributed by atoms with Crippen molar-refractivity contribution in [3.8, 4) is 0 Å². The van der Waals surface area contributed by atoms with E-state index >= 15 is 0 Å². The number of hydrogen-bond acceptors (Lipinski definition) is 3. The Kier molecular flexibility index (Phi) is 5.55. The van der Waals surface area contributed by atoms with E-state index in [-0.39, 0.29) is 17.7 Å². The average molecular weight is 348 g/mol. The molecule has 1 aromatic carbocycles. The molecule has 4 nitrogen and oxygen atoms in total. The van der Waals surface area contributed by atoms with E-state index in [0.29, 0.717) is 12.1 Å². The minimum atomic E-state index is -3.11. The molecule has 1 amide bonds. The van der Waals surface area contributed by atoms with Crippen molar-refractivity contribution in [3.05, 3.63) is 34.3 Å². The van der Waals surface area contributed by atoms with Gasteiger partial charge in [0, 0.05) is 28.9 Å². The van der Waals surface area contributed by atoms with Gasteiger partial charge in [0.25, 0.3) is 5.91 Å². The number of nitrogens with zero attached hydrogens (tertiary/aromatic N) is 1. The fourth-order valence-corrected chi connectivity index (χ4v) is 3.43. The first-order valence-corrected chi connectivity index (χ1v) is 8.84. The Morgan fingerprint density at radius 2 is 2.05 bits per heavy atom. The minimum Gasteiger partial charge on any atom is -0.335 e. The second kappa shape index (κ2) is 6.52. The van der Waals surface area contributed by atoms with Crippen LogP contribution in [0.25, 0.3) is 0 Å². The zero-order chi connectivity index (χ0) is 14.6. The van der Waals surface area contributed by atoms with Crippen LogP contribution in [-0.4, -0.2) is 43.8 Å². The molecule has 0 saturated carbocycles. The molecule has 0 fully saturated rings. The smallest absolute Gasteiger partial charge is 0.254 e. The van der Waals surface area contributed by atoms with E-state index in [2.05, 4.69) is 15.9 Å². The van der Waals surface area contributed by atoms with Crippen LogP contribution in [0.5, 0.6) is 0 Å². The summed E-state index contributed by atoms with van der Waals surface area (Å²) in [5, 5.41) is 0. The molecule has 0 N–H and O–H groups in total. The quantitative estimate of drug-likeness (QED) is 0.821. The highest BCUT2D eigenvalue weighted by Crippen LogP contribution is 2.15. The summed E-state index contributed by atoms with van der Waals surface area (Å²) >= 11 is 3.32. The molecule has 0 aliphatic carbocycles. The molecule has 1 rings (SSSR count). The second-order valence-corrected chi connectivity index (χ2v) is 7.64. The van der Waals surface area contributed by atoms with Crippen LogP contribution in [0.1, 0.15) is 24.2 Å². The van der Waals surface area contributed by atoms with Gasteiger partial charge in [-0.2, -0.15) is 0 Å². The molecule has 0 aliphatic rings. The van der Waals surface area contributed by atoms with Gasteiger partial charge < -0.3 is 4.90 Å². The van der Waals surface area contributed by atoms with Crippen molar-refractivity contribution in [1.29, 1.82) is 0 Å². The summed E-state index contributed by atoms with van der Waals surface area (Å²) in [5.41, 5.74) is 0.552. The van der Waals surface area contributed by atoms with E-state index in [9.17, 15) is 13.2 Å². The third kappa shape index (κ3) is 4.95. The van der Waals surface area contributed by atoms with Crippen molar-refractivity contribution < 1.29 is 13.2 Å². The summed E-state index contributed by atoms with van der Waals surface area (Å²) in [6, 6.07) is 6.74. The molecule has 106 valence electrons. The molecule has 0 bridgehead atoms. The molecule has 0 unspecified atom stereocenters. The number of hydrogen-bond donors (Lipinski definition) is 0. The number of benzene rings is 1. The van der Waals surface area contributed by atoms with Crippen molar-refractivity contribution >= 4 is 31.7 Å². The largest absolute Gasteiger partial charge is 0.335 e. The Bertz CT molecular complexity index is 557. The summed E-state index contributed by atoms with van der Waals surface area (Å²) in [5.74, 6) is -0.180. The lowest BCUT2D eigenvalue weighted by Gasteiger charge is -2.27. The third-order valence-electron chi connectivity index (χ3n) is 2.75. The molecular formula is C13H18BrNO3S. The fourth-order valence-electron chi connectivity index (χ4n) is 1.97. The van der Waals surface area contributed by atoms with E-state index in [1.807, 2.05) is 13.0 Å². The molecule has 1 aromatic rings. The van der Waals surface area contributed by atoms with Crippen LogP contribution in [-0.2, 0) is 9.84 Å². The maximum absolute atomic E-state index is 12.4. The number of sulfone groups is 1. The summed E-state index contributed by atoms with van der Waals surface area (Å²) < 4.78 is 23.5. The van der Waals surface area contributed by atoms with Crippen molar-refractivity contribution in [1.82, 2.24) is 4.90 Å². The highest BCUT2D eigenvalue weighted by molar-refractivity contribution is 9.10. The number of carbonyl (C=O) groups is 1. The van der Waals surface area contributed by atoms with Gasteiger partial charge in [-0.1, -0.05) is 22.0 Å². The lowest BCUT2D eigenvalue weighted by atomic mass is 10.2. The SMILES string of the molecule is CCN(C(=O)c1cccc(Br)c1)[C@@H](C)CS(C)(=O)=O. The molecule has 0 heterocycles. The second-order valence-electron chi connectivity index (χ2n) is 4.54. The van der Waals surface area contributed by atoms with Gasteiger partial charge in [0.15, 0.2) is 0 Å². The van der Waals surface area contributed by atoms with E-state index in [1.165, 1.54) is 6.26 Å². The van der Waals surface area contributed by atoms with Crippen LogP contribution < -0.4 is 0 Å². The zero-order valence-electron chi connectivity index (χ0n) is 11.3. The van der Waals surface area contributed by atoms with Gasteiger partial charge in [-0.15, -0.1) is 0 Å². The van der Waals surface area contributed by atoms with Crippen molar-refractivity contribution in [2.75, 3.05) is 18.6 Å². The highest BCUT2D eigenvalue weighted by atomic mass is 79.9. The lowest BCUT2D eigenvalue weighted by molar-refractivity contribution is 0.0719. The van der Waals surface area contributed by atoms with Crippen molar-refractivity contribution in [2.24, 2.45) is 0 Å². The molecule has 0 spiro atoms. The summed E-state index contributed by atoms with van der Waals surface area (Å²) in [6.45, 7) is 4.07. The molecule has 0 aromatic heterocycles. The van der Waals surface area contributed by atoms with Gasteiger partial charge in [0.05, 0.1) is 5.75 Å². The summed E-state index contributed by atoms with van der Waals surface area (Å²) in [4.78, 5) is 13.9. The molecule has 0 radical (unpaired) electrons. The minimum absolute atomic E-state index is 0.0272. The predicted molar refractivity (Wildman–Crippen MR) is 80.0 cm³/mol. The standard InChI is InChI=1S/C13H18BrNO3S/c1-4-15(10(2)9-19(3,17)18)13(16)11-6-5-7-12(14)8-11/h5-8,10H,4,9H2,1-3H3/t10-/m0/s1. The van der Waals surface area contributed by atoms with Gasteiger partial charge in [0.1, 0.15) is 9.84 Å². The number of carbonyl (C=O) groups excluding carboxylic acids is 1. The molecule has 1 atom stereocenters. The van der Waals surface area contributed by atoms with Gasteiger partial charge in [-0.05, 0) is 32.0 Å². The first kappa shape index (κ1) is 16.2. The summed E-state index contributed by atoms with van der Waals surface area (Å²) in [7, 11) is -3.11. The fraction of sp³-hybridized carbons (Fsp3) is 0.462. The van der Waals surface area contributed by atoms with Crippen molar-refractivity contribution in [2.45, 2.75) is 19.9 Å². The normalized spacial score (nSPS) is 13.1. The molecule has 6 heteroatoms. The Hall–Kier alpha value is -0.880. The molecular weight excluding hydrogens is 330 g/mol. The Morgan fingerprint density at radius 3 is 2.53 bits per heavy atom. The average Bonchev–Trinajstić information content (AvgIpc) is 2.27. The molecule has 0 saturated heterocycles. The van der Waals surface area contributed by atoms with Gasteiger partial charge >= 0.3 is 0 Å². The highest BCUT2D eigenvalue weighted by Gasteiger charge is 2.22. The number of amides is 1. The molecule has 0 aliphatic heterocycles. The van der Waals surface area contributed by atoms with E-state index < -0.39 is 9.84 Å². The lowest BCUT2D eigenvalue weighted by Crippen LogP contribution is -2.42. The number of halogens is 1. The first-order valence-electron chi connectivity index (χ1n) is 5.99. The maximum atomic E-state index is 12.4. The van der Waals surface area contributed by atoms with Crippen molar-refractivity contribution in [3.63, 3.8) is 0 Å². The topological polar surface area (TPSA) is 54.5 Å². The Morgan fingerprint density at radius 1 is 1.42 bits per heavy atom. The van der Waals surface area contributed by atoms with E-state index in [0.717, 1.165) is 4.47 Å². The predicted octanol–water partition coefficient (Wildman–Crippen LogP) is 2.34. The summed E-state index contributed by atoms with van der Waals surface area (Å²) in [6.07, 6.45) is 1.18. The van der Waals surface area contributed by atoms with Gasteiger partial charge in [-0.25, -0.2) is 8.42 Å². The third-order valence-corrected chi connectivity index (χ3v) is 4.33. The van der Waals surface area contributed by atoms with Gasteiger partial charge in [-0.3, -0.25) is 4.79 Å². The van der Waals surface area contributed by atoms with Crippen LogP contribution in [0.4, 0.5) is 0 Å². The van der Waals surface area contributed by atoms with Crippen LogP contribution in [0.2, 0.25) is 0 Å². The van der Waals surface area contributed by atoms with Crippen LogP contribution >= 0.6 is 15.9 Å².